The Hall–Kier alpha value is -0.610. The van der Waals surface area contributed by atoms with E-state index in [1.807, 2.05) is 6.92 Å². The van der Waals surface area contributed by atoms with Crippen molar-refractivity contribution in [3.05, 3.63) is 0 Å². The molecule has 0 aromatic heterocycles. The van der Waals surface area contributed by atoms with Crippen molar-refractivity contribution in [1.82, 2.24) is 0 Å². The first-order valence-electron chi connectivity index (χ1n) is 7.64. The van der Waals surface area contributed by atoms with Gasteiger partial charge in [-0.25, -0.2) is 0 Å². The van der Waals surface area contributed by atoms with Gasteiger partial charge in [-0.05, 0) is 32.7 Å². The van der Waals surface area contributed by atoms with Crippen LogP contribution in [-0.2, 0) is 4.79 Å². The van der Waals surface area contributed by atoms with Gasteiger partial charge in [0.25, 0.3) is 0 Å². The molecule has 116 valence electrons. The quantitative estimate of drug-likeness (QED) is 0.505. The summed E-state index contributed by atoms with van der Waals surface area (Å²) in [5.74, 6) is -0.691. The molecule has 0 aromatic carbocycles. The van der Waals surface area contributed by atoms with Gasteiger partial charge in [0.1, 0.15) is 0 Å². The van der Waals surface area contributed by atoms with Crippen LogP contribution in [0.4, 0.5) is 0 Å². The smallest absolute Gasteiger partial charge is 0.303 e. The van der Waals surface area contributed by atoms with E-state index in [0.717, 1.165) is 45.1 Å². The van der Waals surface area contributed by atoms with Crippen molar-refractivity contribution in [3.8, 4) is 0 Å². The molecule has 0 aromatic rings. The molecule has 4 heteroatoms. The van der Waals surface area contributed by atoms with Gasteiger partial charge >= 0.3 is 5.97 Å². The van der Waals surface area contributed by atoms with Crippen LogP contribution in [0.2, 0.25) is 0 Å². The fraction of sp³-hybridized carbons (Fsp3) is 0.933. The number of carboxylic acid groups (broad SMARTS) is 1. The van der Waals surface area contributed by atoms with E-state index in [0.29, 0.717) is 6.42 Å². The number of unbranched alkanes of at least 4 members (excludes halogenated alkanes) is 6. The number of nitrogens with two attached hydrogens (primary N) is 1. The number of hydrogen-bond acceptors (Lipinski definition) is 3. The molecular weight excluding hydrogens is 242 g/mol. The lowest BCUT2D eigenvalue weighted by molar-refractivity contribution is -0.137. The largest absolute Gasteiger partial charge is 0.481 e. The predicted molar refractivity (Wildman–Crippen MR) is 80.2 cm³/mol. The maximum Gasteiger partial charge on any atom is 0.303 e. The number of aliphatic hydroxyl groups is 1. The summed E-state index contributed by atoms with van der Waals surface area (Å²) in [6.07, 6.45) is 9.99. The second-order valence-corrected chi connectivity index (χ2v) is 5.04. The molecule has 0 aliphatic rings. The SMILES string of the molecule is CCCCCC(C)O.NCCCCCCCC(=O)O. The van der Waals surface area contributed by atoms with Crippen molar-refractivity contribution in [1.29, 1.82) is 0 Å². The number of carboxylic acids is 1. The summed E-state index contributed by atoms with van der Waals surface area (Å²) >= 11 is 0. The van der Waals surface area contributed by atoms with Crippen molar-refractivity contribution in [2.24, 2.45) is 5.73 Å². The van der Waals surface area contributed by atoms with Gasteiger partial charge in [0.05, 0.1) is 6.10 Å². The van der Waals surface area contributed by atoms with E-state index in [4.69, 9.17) is 15.9 Å². The minimum absolute atomic E-state index is 0.0958. The van der Waals surface area contributed by atoms with Crippen molar-refractivity contribution in [2.45, 2.75) is 84.2 Å². The minimum atomic E-state index is -0.691. The molecule has 0 rings (SSSR count). The molecule has 0 saturated heterocycles. The van der Waals surface area contributed by atoms with Crippen LogP contribution in [0.15, 0.2) is 0 Å². The van der Waals surface area contributed by atoms with Crippen LogP contribution >= 0.6 is 0 Å². The van der Waals surface area contributed by atoms with Crippen LogP contribution < -0.4 is 5.73 Å². The molecule has 1 atom stereocenters. The molecule has 0 amide bonds. The van der Waals surface area contributed by atoms with E-state index >= 15 is 0 Å². The van der Waals surface area contributed by atoms with Gasteiger partial charge in [0.2, 0.25) is 0 Å². The lowest BCUT2D eigenvalue weighted by Crippen LogP contribution is -1.98. The molecule has 19 heavy (non-hydrogen) atoms. The third-order valence-corrected chi connectivity index (χ3v) is 2.82. The zero-order valence-electron chi connectivity index (χ0n) is 12.7. The van der Waals surface area contributed by atoms with E-state index in [1.165, 1.54) is 19.3 Å². The van der Waals surface area contributed by atoms with E-state index in [1.54, 1.807) is 0 Å². The highest BCUT2D eigenvalue weighted by molar-refractivity contribution is 5.66. The lowest BCUT2D eigenvalue weighted by atomic mass is 10.1. The van der Waals surface area contributed by atoms with Crippen molar-refractivity contribution in [3.63, 3.8) is 0 Å². The molecule has 4 N–H and O–H groups in total. The van der Waals surface area contributed by atoms with Crippen LogP contribution in [-0.4, -0.2) is 28.8 Å². The van der Waals surface area contributed by atoms with Crippen LogP contribution in [0, 0.1) is 0 Å². The number of hydrogen-bond donors (Lipinski definition) is 3. The van der Waals surface area contributed by atoms with Gasteiger partial charge in [-0.2, -0.15) is 0 Å². The normalized spacial score (nSPS) is 11.6. The van der Waals surface area contributed by atoms with Gasteiger partial charge in [-0.1, -0.05) is 45.4 Å². The molecule has 0 spiro atoms. The molecule has 0 fully saturated rings. The molecule has 0 aliphatic heterocycles. The highest BCUT2D eigenvalue weighted by Gasteiger charge is 1.95. The number of carbonyl (C=O) groups is 1. The van der Waals surface area contributed by atoms with E-state index < -0.39 is 5.97 Å². The number of rotatable bonds is 11. The molecule has 1 unspecified atom stereocenters. The fourth-order valence-electron chi connectivity index (χ4n) is 1.64. The highest BCUT2D eigenvalue weighted by atomic mass is 16.4. The molecule has 0 bridgehead atoms. The second kappa shape index (κ2) is 17.4. The third-order valence-electron chi connectivity index (χ3n) is 2.82. The molecule has 4 nitrogen and oxygen atoms in total. The zero-order chi connectivity index (χ0) is 14.9. The summed E-state index contributed by atoms with van der Waals surface area (Å²) in [4.78, 5) is 10.1. The van der Waals surface area contributed by atoms with Gasteiger partial charge < -0.3 is 15.9 Å². The lowest BCUT2D eigenvalue weighted by Gasteiger charge is -2.00. The van der Waals surface area contributed by atoms with Gasteiger partial charge in [-0.15, -0.1) is 0 Å². The summed E-state index contributed by atoms with van der Waals surface area (Å²) in [7, 11) is 0. The average Bonchev–Trinajstić information content (AvgIpc) is 2.34. The van der Waals surface area contributed by atoms with E-state index in [9.17, 15) is 4.79 Å². The van der Waals surface area contributed by atoms with E-state index in [-0.39, 0.29) is 6.10 Å². The Kier molecular flexibility index (Phi) is 18.9. The Labute approximate surface area is 118 Å². The van der Waals surface area contributed by atoms with Crippen LogP contribution in [0.1, 0.15) is 78.1 Å². The van der Waals surface area contributed by atoms with Gasteiger partial charge in [0, 0.05) is 6.42 Å². The summed E-state index contributed by atoms with van der Waals surface area (Å²) in [6, 6.07) is 0. The van der Waals surface area contributed by atoms with Crippen molar-refractivity contribution >= 4 is 5.97 Å². The van der Waals surface area contributed by atoms with Gasteiger partial charge in [-0.3, -0.25) is 4.79 Å². The Morgan fingerprint density at radius 2 is 1.63 bits per heavy atom. The molecular formula is C15H33NO3. The van der Waals surface area contributed by atoms with Crippen LogP contribution in [0.3, 0.4) is 0 Å². The maximum atomic E-state index is 10.1. The maximum absolute atomic E-state index is 10.1. The summed E-state index contributed by atoms with van der Waals surface area (Å²) in [5.41, 5.74) is 5.30. The molecule has 0 aliphatic carbocycles. The van der Waals surface area contributed by atoms with Gasteiger partial charge in [0.15, 0.2) is 0 Å². The first kappa shape index (κ1) is 20.7. The molecule has 0 radical (unpaired) electrons. The van der Waals surface area contributed by atoms with Crippen molar-refractivity contribution in [2.75, 3.05) is 6.54 Å². The highest BCUT2D eigenvalue weighted by Crippen LogP contribution is 2.04. The first-order valence-corrected chi connectivity index (χ1v) is 7.64. The zero-order valence-corrected chi connectivity index (χ0v) is 12.7. The standard InChI is InChI=1S/C8H17NO2.C7H16O/c9-7-5-3-1-2-4-6-8(10)11;1-3-4-5-6-7(2)8/h1-7,9H2,(H,10,11);7-8H,3-6H2,1-2H3. The van der Waals surface area contributed by atoms with Crippen LogP contribution in [0.25, 0.3) is 0 Å². The summed E-state index contributed by atoms with van der Waals surface area (Å²) in [6.45, 7) is 4.76. The predicted octanol–water partition coefficient (Wildman–Crippen LogP) is 3.32. The fourth-order valence-corrected chi connectivity index (χ4v) is 1.64. The molecule has 0 heterocycles. The number of aliphatic carboxylic acids is 1. The Morgan fingerprint density at radius 3 is 2.11 bits per heavy atom. The third kappa shape index (κ3) is 26.8. The topological polar surface area (TPSA) is 83.5 Å². The monoisotopic (exact) mass is 275 g/mol. The Morgan fingerprint density at radius 1 is 1.05 bits per heavy atom. The second-order valence-electron chi connectivity index (χ2n) is 5.04. The Bertz CT molecular complexity index is 184. The minimum Gasteiger partial charge on any atom is -0.481 e. The Balaban J connectivity index is 0. The first-order chi connectivity index (χ1) is 9.04. The summed E-state index contributed by atoms with van der Waals surface area (Å²) < 4.78 is 0. The van der Waals surface area contributed by atoms with Crippen LogP contribution in [0.5, 0.6) is 0 Å². The van der Waals surface area contributed by atoms with E-state index in [2.05, 4.69) is 6.92 Å². The number of aliphatic hydroxyl groups excluding tert-OH is 1. The molecule has 0 saturated carbocycles. The summed E-state index contributed by atoms with van der Waals surface area (Å²) in [5, 5.41) is 17.1. The average molecular weight is 275 g/mol. The van der Waals surface area contributed by atoms with Crippen molar-refractivity contribution < 1.29 is 15.0 Å².